The molecule has 0 radical (unpaired) electrons. The second-order valence-electron chi connectivity index (χ2n) is 5.03. The van der Waals surface area contributed by atoms with Gasteiger partial charge in [0.15, 0.2) is 5.76 Å². The van der Waals surface area contributed by atoms with Gasteiger partial charge in [0.1, 0.15) is 5.56 Å². The highest BCUT2D eigenvalue weighted by molar-refractivity contribution is 5.93. The van der Waals surface area contributed by atoms with Crippen LogP contribution in [0.15, 0.2) is 39.8 Å². The Bertz CT molecular complexity index is 937. The summed E-state index contributed by atoms with van der Waals surface area (Å²) in [5.74, 6) is -0.610. The first-order chi connectivity index (χ1) is 10.5. The number of benzene rings is 1. The van der Waals surface area contributed by atoms with Gasteiger partial charge in [-0.25, -0.2) is 4.79 Å². The Morgan fingerprint density at radius 2 is 2.14 bits per heavy atom. The summed E-state index contributed by atoms with van der Waals surface area (Å²) in [7, 11) is 0. The number of rotatable bonds is 3. The summed E-state index contributed by atoms with van der Waals surface area (Å²) in [5, 5.41) is 13.4. The molecule has 0 fully saturated rings. The molecule has 6 heteroatoms. The molecule has 0 saturated carbocycles. The largest absolute Gasteiger partial charge is 0.477 e. The molecule has 22 heavy (non-hydrogen) atoms. The van der Waals surface area contributed by atoms with Crippen LogP contribution in [0, 0.1) is 6.92 Å². The SMILES string of the molecule is CCn1cc(C(=O)O)c(=O)c2ccc(-c3cc(C)no3)cc21. The minimum Gasteiger partial charge on any atom is -0.477 e. The molecule has 0 atom stereocenters. The molecule has 0 aliphatic rings. The molecule has 0 spiro atoms. The minimum atomic E-state index is -1.22. The van der Waals surface area contributed by atoms with Gasteiger partial charge in [0.05, 0.1) is 11.2 Å². The van der Waals surface area contributed by atoms with Gasteiger partial charge >= 0.3 is 5.97 Å². The molecule has 6 nitrogen and oxygen atoms in total. The van der Waals surface area contributed by atoms with E-state index in [1.165, 1.54) is 6.20 Å². The number of hydrogen-bond acceptors (Lipinski definition) is 4. The summed E-state index contributed by atoms with van der Waals surface area (Å²) in [4.78, 5) is 23.4. The van der Waals surface area contributed by atoms with E-state index in [9.17, 15) is 9.59 Å². The fraction of sp³-hybridized carbons (Fsp3) is 0.188. The summed E-state index contributed by atoms with van der Waals surface area (Å²) in [6, 6.07) is 6.98. The van der Waals surface area contributed by atoms with Gasteiger partial charge in [0.2, 0.25) is 5.43 Å². The van der Waals surface area contributed by atoms with Gasteiger partial charge in [-0.2, -0.15) is 0 Å². The number of carboxylic acids is 1. The number of pyridine rings is 1. The number of aromatic nitrogens is 2. The van der Waals surface area contributed by atoms with Gasteiger partial charge in [-0.15, -0.1) is 0 Å². The Kier molecular flexibility index (Phi) is 3.29. The van der Waals surface area contributed by atoms with Crippen LogP contribution in [0.2, 0.25) is 0 Å². The van der Waals surface area contributed by atoms with Crippen molar-refractivity contribution in [3.05, 3.63) is 51.9 Å². The summed E-state index contributed by atoms with van der Waals surface area (Å²) >= 11 is 0. The Morgan fingerprint density at radius 1 is 1.36 bits per heavy atom. The number of carbonyl (C=O) groups is 1. The predicted molar refractivity (Wildman–Crippen MR) is 81.1 cm³/mol. The zero-order valence-electron chi connectivity index (χ0n) is 12.2. The molecule has 3 rings (SSSR count). The Morgan fingerprint density at radius 3 is 2.73 bits per heavy atom. The molecule has 112 valence electrons. The number of aromatic carboxylic acids is 1. The topological polar surface area (TPSA) is 85.3 Å². The van der Waals surface area contributed by atoms with Gasteiger partial charge < -0.3 is 14.2 Å². The lowest BCUT2D eigenvalue weighted by Gasteiger charge is -2.10. The van der Waals surface area contributed by atoms with Crippen LogP contribution in [0.5, 0.6) is 0 Å². The molecule has 0 bridgehead atoms. The van der Waals surface area contributed by atoms with Gasteiger partial charge in [-0.05, 0) is 26.0 Å². The Hall–Kier alpha value is -2.89. The van der Waals surface area contributed by atoms with Crippen LogP contribution in [0.25, 0.3) is 22.2 Å². The zero-order chi connectivity index (χ0) is 15.9. The fourth-order valence-electron chi connectivity index (χ4n) is 2.46. The molecule has 1 aromatic carbocycles. The number of fused-ring (bicyclic) bond motifs is 1. The molecule has 0 unspecified atom stereocenters. The average molecular weight is 298 g/mol. The average Bonchev–Trinajstić information content (AvgIpc) is 2.93. The smallest absolute Gasteiger partial charge is 0.341 e. The van der Waals surface area contributed by atoms with Crippen LogP contribution in [-0.2, 0) is 6.54 Å². The molecule has 0 aliphatic heterocycles. The van der Waals surface area contributed by atoms with Crippen molar-refractivity contribution in [1.29, 1.82) is 0 Å². The summed E-state index contributed by atoms with van der Waals surface area (Å²) in [5.41, 5.74) is 1.52. The van der Waals surface area contributed by atoms with Crippen LogP contribution >= 0.6 is 0 Å². The molecule has 1 N–H and O–H groups in total. The molecule has 0 saturated heterocycles. The van der Waals surface area contributed by atoms with Crippen LogP contribution in [0.4, 0.5) is 0 Å². The van der Waals surface area contributed by atoms with Gasteiger partial charge in [-0.1, -0.05) is 11.2 Å². The highest BCUT2D eigenvalue weighted by atomic mass is 16.5. The van der Waals surface area contributed by atoms with Crippen molar-refractivity contribution in [3.63, 3.8) is 0 Å². The predicted octanol–water partition coefficient (Wildman–Crippen LogP) is 2.68. The maximum absolute atomic E-state index is 12.3. The Labute approximate surface area is 125 Å². The molecule has 0 aliphatic carbocycles. The van der Waals surface area contributed by atoms with Crippen molar-refractivity contribution in [2.24, 2.45) is 0 Å². The summed E-state index contributed by atoms with van der Waals surface area (Å²) in [6.07, 6.45) is 1.38. The highest BCUT2D eigenvalue weighted by Gasteiger charge is 2.15. The monoisotopic (exact) mass is 298 g/mol. The maximum Gasteiger partial charge on any atom is 0.341 e. The Balaban J connectivity index is 2.30. The van der Waals surface area contributed by atoms with Gasteiger partial charge in [0.25, 0.3) is 0 Å². The third-order valence-corrected chi connectivity index (χ3v) is 3.56. The minimum absolute atomic E-state index is 0.224. The first-order valence-corrected chi connectivity index (χ1v) is 6.85. The summed E-state index contributed by atoms with van der Waals surface area (Å²) in [6.45, 7) is 4.27. The highest BCUT2D eigenvalue weighted by Crippen LogP contribution is 2.24. The van der Waals surface area contributed by atoms with E-state index in [1.807, 2.05) is 19.9 Å². The van der Waals surface area contributed by atoms with Crippen molar-refractivity contribution in [2.75, 3.05) is 0 Å². The van der Waals surface area contributed by atoms with Gasteiger partial charge in [0, 0.05) is 29.8 Å². The number of hydrogen-bond donors (Lipinski definition) is 1. The van der Waals surface area contributed by atoms with Crippen molar-refractivity contribution in [2.45, 2.75) is 20.4 Å². The van der Waals surface area contributed by atoms with Crippen LogP contribution < -0.4 is 5.43 Å². The normalized spacial score (nSPS) is 11.0. The standard InChI is InChI=1S/C16H14N2O4/c1-3-18-8-12(16(20)21)15(19)11-5-4-10(7-13(11)18)14-6-9(2)17-22-14/h4-8H,3H2,1-2H3,(H,20,21). The second-order valence-corrected chi connectivity index (χ2v) is 5.03. The molecule has 2 aromatic heterocycles. The number of nitrogens with zero attached hydrogens (tertiary/aromatic N) is 2. The van der Waals surface area contributed by atoms with Crippen molar-refractivity contribution in [3.8, 4) is 11.3 Å². The van der Waals surface area contributed by atoms with Crippen LogP contribution in [0.1, 0.15) is 23.0 Å². The van der Waals surface area contributed by atoms with E-state index in [-0.39, 0.29) is 5.56 Å². The molecular formula is C16H14N2O4. The summed E-state index contributed by atoms with van der Waals surface area (Å²) < 4.78 is 6.98. The lowest BCUT2D eigenvalue weighted by Crippen LogP contribution is -2.18. The second kappa shape index (κ2) is 5.14. The van der Waals surface area contributed by atoms with E-state index >= 15 is 0 Å². The van der Waals surface area contributed by atoms with Gasteiger partial charge in [-0.3, -0.25) is 4.79 Å². The first kappa shape index (κ1) is 14.1. The fourth-order valence-corrected chi connectivity index (χ4v) is 2.46. The van der Waals surface area contributed by atoms with E-state index in [4.69, 9.17) is 9.63 Å². The third-order valence-electron chi connectivity index (χ3n) is 3.56. The quantitative estimate of drug-likeness (QED) is 0.803. The lowest BCUT2D eigenvalue weighted by atomic mass is 10.1. The molecular weight excluding hydrogens is 284 g/mol. The van der Waals surface area contributed by atoms with Crippen molar-refractivity contribution in [1.82, 2.24) is 9.72 Å². The van der Waals surface area contributed by atoms with E-state index in [1.54, 1.807) is 22.8 Å². The molecule has 0 amide bonds. The molecule has 3 aromatic rings. The van der Waals surface area contributed by atoms with Crippen molar-refractivity contribution < 1.29 is 14.4 Å². The third kappa shape index (κ3) is 2.18. The van der Waals surface area contributed by atoms with Crippen molar-refractivity contribution >= 4 is 16.9 Å². The lowest BCUT2D eigenvalue weighted by molar-refractivity contribution is 0.0695. The zero-order valence-corrected chi connectivity index (χ0v) is 12.2. The first-order valence-electron chi connectivity index (χ1n) is 6.85. The molecule has 2 heterocycles. The van der Waals surface area contributed by atoms with E-state index in [0.717, 1.165) is 11.3 Å². The maximum atomic E-state index is 12.3. The van der Waals surface area contributed by atoms with Crippen LogP contribution in [0.3, 0.4) is 0 Å². The van der Waals surface area contributed by atoms with E-state index < -0.39 is 11.4 Å². The number of carboxylic acid groups (broad SMARTS) is 1. The van der Waals surface area contributed by atoms with Crippen LogP contribution in [-0.4, -0.2) is 20.8 Å². The van der Waals surface area contributed by atoms with E-state index in [2.05, 4.69) is 5.16 Å². The van der Waals surface area contributed by atoms with E-state index in [0.29, 0.717) is 23.2 Å². The number of aryl methyl sites for hydroxylation is 2.